The van der Waals surface area contributed by atoms with Gasteiger partial charge in [-0.25, -0.2) is 4.68 Å². The molecule has 0 atom stereocenters. The van der Waals surface area contributed by atoms with Gasteiger partial charge in [-0.05, 0) is 46.7 Å². The van der Waals surface area contributed by atoms with Gasteiger partial charge < -0.3 is 10.3 Å². The number of aromatic amines is 1. The molecule has 0 aliphatic rings. The van der Waals surface area contributed by atoms with Crippen molar-refractivity contribution in [3.63, 3.8) is 0 Å². The van der Waals surface area contributed by atoms with Crippen LogP contribution in [0.15, 0.2) is 61.1 Å². The van der Waals surface area contributed by atoms with Crippen LogP contribution in [-0.4, -0.2) is 37.6 Å². The normalized spacial score (nSPS) is 10.9. The Labute approximate surface area is 143 Å². The van der Waals surface area contributed by atoms with Crippen molar-refractivity contribution in [3.05, 3.63) is 72.2 Å². The Bertz CT molecular complexity index is 1010. The summed E-state index contributed by atoms with van der Waals surface area (Å²) in [7, 11) is 0. The molecule has 2 heterocycles. The lowest BCUT2D eigenvalue weighted by Gasteiger charge is -2.06. The van der Waals surface area contributed by atoms with Crippen molar-refractivity contribution in [2.75, 3.05) is 6.54 Å². The van der Waals surface area contributed by atoms with Crippen molar-refractivity contribution >= 4 is 16.8 Å². The van der Waals surface area contributed by atoms with Crippen LogP contribution in [-0.2, 0) is 6.42 Å². The maximum absolute atomic E-state index is 12.4. The number of carbonyl (C=O) groups is 1. The summed E-state index contributed by atoms with van der Waals surface area (Å²) in [5, 5.41) is 15.2. The van der Waals surface area contributed by atoms with E-state index < -0.39 is 0 Å². The van der Waals surface area contributed by atoms with Gasteiger partial charge in [-0.2, -0.15) is 0 Å². The van der Waals surface area contributed by atoms with Crippen LogP contribution >= 0.6 is 0 Å². The molecular formula is C18H16N6O. The SMILES string of the molecule is O=C(NCCc1c[nH]c2ccccc12)c1cccc(-n2cnnn2)c1. The minimum absolute atomic E-state index is 0.116. The number of benzene rings is 2. The molecule has 0 unspecified atom stereocenters. The molecule has 0 spiro atoms. The van der Waals surface area contributed by atoms with Gasteiger partial charge in [0.05, 0.1) is 5.69 Å². The molecule has 2 N–H and O–H groups in total. The number of nitrogens with zero attached hydrogens (tertiary/aromatic N) is 4. The van der Waals surface area contributed by atoms with Gasteiger partial charge >= 0.3 is 0 Å². The zero-order valence-electron chi connectivity index (χ0n) is 13.4. The second kappa shape index (κ2) is 6.56. The standard InChI is InChI=1S/C18H16N6O/c25-18(13-4-3-5-15(10-13)24-12-21-22-23-24)19-9-8-14-11-20-17-7-2-1-6-16(14)17/h1-7,10-12,20H,8-9H2,(H,19,25). The number of tetrazole rings is 1. The molecule has 7 nitrogen and oxygen atoms in total. The Kier molecular flexibility index (Phi) is 3.96. The third-order valence-electron chi connectivity index (χ3n) is 4.08. The summed E-state index contributed by atoms with van der Waals surface area (Å²) in [6.07, 6.45) is 4.26. The molecule has 4 aromatic rings. The number of para-hydroxylation sites is 1. The Morgan fingerprint density at radius 3 is 2.96 bits per heavy atom. The van der Waals surface area contributed by atoms with Crippen LogP contribution in [0.1, 0.15) is 15.9 Å². The highest BCUT2D eigenvalue weighted by atomic mass is 16.1. The van der Waals surface area contributed by atoms with Crippen molar-refractivity contribution in [2.45, 2.75) is 6.42 Å². The molecule has 0 aliphatic heterocycles. The fourth-order valence-electron chi connectivity index (χ4n) is 2.82. The summed E-state index contributed by atoms with van der Waals surface area (Å²) < 4.78 is 1.52. The van der Waals surface area contributed by atoms with Crippen LogP contribution in [0.5, 0.6) is 0 Å². The quantitative estimate of drug-likeness (QED) is 0.586. The number of hydrogen-bond donors (Lipinski definition) is 2. The lowest BCUT2D eigenvalue weighted by molar-refractivity contribution is 0.0954. The van der Waals surface area contributed by atoms with Crippen LogP contribution in [0.3, 0.4) is 0 Å². The molecule has 25 heavy (non-hydrogen) atoms. The lowest BCUT2D eigenvalue weighted by Crippen LogP contribution is -2.25. The molecule has 2 aromatic carbocycles. The van der Waals surface area contributed by atoms with Crippen LogP contribution < -0.4 is 5.32 Å². The number of H-pyrrole nitrogens is 1. The summed E-state index contributed by atoms with van der Waals surface area (Å²) in [6, 6.07) is 15.3. The highest BCUT2D eigenvalue weighted by Gasteiger charge is 2.08. The number of fused-ring (bicyclic) bond motifs is 1. The van der Waals surface area contributed by atoms with E-state index in [0.29, 0.717) is 12.1 Å². The number of hydrogen-bond acceptors (Lipinski definition) is 4. The highest BCUT2D eigenvalue weighted by molar-refractivity contribution is 5.94. The molecule has 0 aliphatic carbocycles. The summed E-state index contributed by atoms with van der Waals surface area (Å²) in [6.45, 7) is 0.565. The molecule has 4 rings (SSSR count). The van der Waals surface area contributed by atoms with E-state index in [4.69, 9.17) is 0 Å². The number of carbonyl (C=O) groups excluding carboxylic acids is 1. The van der Waals surface area contributed by atoms with E-state index in [2.05, 4.69) is 31.9 Å². The molecule has 124 valence electrons. The Morgan fingerprint density at radius 2 is 2.08 bits per heavy atom. The summed E-state index contributed by atoms with van der Waals surface area (Å²) in [5.74, 6) is -0.116. The summed E-state index contributed by atoms with van der Waals surface area (Å²) >= 11 is 0. The van der Waals surface area contributed by atoms with Crippen LogP contribution in [0.4, 0.5) is 0 Å². The summed E-state index contributed by atoms with van der Waals surface area (Å²) in [4.78, 5) is 15.6. The first-order chi connectivity index (χ1) is 12.3. The van der Waals surface area contributed by atoms with Gasteiger partial charge in [-0.15, -0.1) is 5.10 Å². The monoisotopic (exact) mass is 332 g/mol. The van der Waals surface area contributed by atoms with Gasteiger partial charge in [0, 0.05) is 29.2 Å². The Morgan fingerprint density at radius 1 is 1.16 bits per heavy atom. The Hall–Kier alpha value is -3.48. The minimum atomic E-state index is -0.116. The molecule has 0 saturated heterocycles. The minimum Gasteiger partial charge on any atom is -0.361 e. The molecule has 0 saturated carbocycles. The third kappa shape index (κ3) is 3.12. The maximum Gasteiger partial charge on any atom is 0.251 e. The van der Waals surface area contributed by atoms with Crippen LogP contribution in [0.2, 0.25) is 0 Å². The number of aromatic nitrogens is 5. The zero-order chi connectivity index (χ0) is 17.1. The van der Waals surface area contributed by atoms with E-state index in [0.717, 1.165) is 17.6 Å². The number of nitrogens with one attached hydrogen (secondary N) is 2. The smallest absolute Gasteiger partial charge is 0.251 e. The molecule has 0 radical (unpaired) electrons. The summed E-state index contributed by atoms with van der Waals surface area (Å²) in [5.41, 5.74) is 3.62. The molecule has 1 amide bonds. The molecule has 0 fully saturated rings. The average molecular weight is 332 g/mol. The van der Waals surface area contributed by atoms with Crippen molar-refractivity contribution in [2.24, 2.45) is 0 Å². The number of rotatable bonds is 5. The fourth-order valence-corrected chi connectivity index (χ4v) is 2.82. The second-order valence-electron chi connectivity index (χ2n) is 5.67. The number of amides is 1. The third-order valence-corrected chi connectivity index (χ3v) is 4.08. The lowest BCUT2D eigenvalue weighted by atomic mass is 10.1. The fraction of sp³-hybridized carbons (Fsp3) is 0.111. The van der Waals surface area contributed by atoms with E-state index in [9.17, 15) is 4.79 Å². The Balaban J connectivity index is 1.42. The zero-order valence-corrected chi connectivity index (χ0v) is 13.4. The van der Waals surface area contributed by atoms with E-state index in [1.807, 2.05) is 36.5 Å². The van der Waals surface area contributed by atoms with Gasteiger partial charge in [0.15, 0.2) is 0 Å². The first-order valence-electron chi connectivity index (χ1n) is 7.98. The predicted octanol–water partition coefficient (Wildman–Crippen LogP) is 2.12. The first kappa shape index (κ1) is 15.1. The van der Waals surface area contributed by atoms with Crippen LogP contribution in [0.25, 0.3) is 16.6 Å². The molecule has 7 heteroatoms. The van der Waals surface area contributed by atoms with Crippen LogP contribution in [0, 0.1) is 0 Å². The maximum atomic E-state index is 12.4. The topological polar surface area (TPSA) is 88.5 Å². The first-order valence-corrected chi connectivity index (χ1v) is 7.98. The predicted molar refractivity (Wildman–Crippen MR) is 93.5 cm³/mol. The van der Waals surface area contributed by atoms with E-state index in [-0.39, 0.29) is 5.91 Å². The van der Waals surface area contributed by atoms with Crippen molar-refractivity contribution in [1.29, 1.82) is 0 Å². The van der Waals surface area contributed by atoms with Gasteiger partial charge in [0.1, 0.15) is 6.33 Å². The molecule has 2 aromatic heterocycles. The highest BCUT2D eigenvalue weighted by Crippen LogP contribution is 2.17. The van der Waals surface area contributed by atoms with Crippen molar-refractivity contribution < 1.29 is 4.79 Å². The average Bonchev–Trinajstić information content (AvgIpc) is 3.32. The van der Waals surface area contributed by atoms with Gasteiger partial charge in [0.2, 0.25) is 0 Å². The van der Waals surface area contributed by atoms with E-state index >= 15 is 0 Å². The second-order valence-corrected chi connectivity index (χ2v) is 5.67. The van der Waals surface area contributed by atoms with Crippen molar-refractivity contribution in [3.8, 4) is 5.69 Å². The largest absolute Gasteiger partial charge is 0.361 e. The van der Waals surface area contributed by atoms with E-state index in [1.165, 1.54) is 22.0 Å². The molecular weight excluding hydrogens is 316 g/mol. The van der Waals surface area contributed by atoms with Gasteiger partial charge in [-0.1, -0.05) is 24.3 Å². The van der Waals surface area contributed by atoms with Gasteiger partial charge in [0.25, 0.3) is 5.91 Å². The van der Waals surface area contributed by atoms with E-state index in [1.54, 1.807) is 12.1 Å². The van der Waals surface area contributed by atoms with Gasteiger partial charge in [-0.3, -0.25) is 4.79 Å². The molecule has 0 bridgehead atoms. The van der Waals surface area contributed by atoms with Crippen molar-refractivity contribution in [1.82, 2.24) is 30.5 Å².